The zero-order chi connectivity index (χ0) is 14.7. The van der Waals surface area contributed by atoms with Gasteiger partial charge in [-0.05, 0) is 43.2 Å². The van der Waals surface area contributed by atoms with E-state index in [0.717, 1.165) is 37.1 Å². The maximum atomic E-state index is 12.9. The molecule has 3 rings (SSSR count). The van der Waals surface area contributed by atoms with Gasteiger partial charge in [0.05, 0.1) is 18.0 Å². The fourth-order valence-corrected chi connectivity index (χ4v) is 2.91. The van der Waals surface area contributed by atoms with E-state index in [1.54, 1.807) is 16.8 Å². The van der Waals surface area contributed by atoms with Crippen LogP contribution in [0.5, 0.6) is 0 Å². The third-order valence-electron chi connectivity index (χ3n) is 4.24. The quantitative estimate of drug-likeness (QED) is 0.888. The molecule has 1 aromatic carbocycles. The van der Waals surface area contributed by atoms with Crippen LogP contribution in [0, 0.1) is 5.82 Å². The summed E-state index contributed by atoms with van der Waals surface area (Å²) in [6.07, 6.45) is 6.23. The molecule has 112 valence electrons. The summed E-state index contributed by atoms with van der Waals surface area (Å²) in [5, 5.41) is 17.5. The van der Waals surface area contributed by atoms with E-state index in [-0.39, 0.29) is 18.0 Å². The average molecular weight is 289 g/mol. The first-order valence-corrected chi connectivity index (χ1v) is 7.37. The minimum Gasteiger partial charge on any atom is -0.394 e. The average Bonchev–Trinajstić information content (AvgIpc) is 3.16. The van der Waals surface area contributed by atoms with Crippen LogP contribution in [0.2, 0.25) is 0 Å². The molecule has 1 fully saturated rings. The molecule has 1 aliphatic carbocycles. The Morgan fingerprint density at radius 2 is 1.90 bits per heavy atom. The van der Waals surface area contributed by atoms with Crippen molar-refractivity contribution in [1.82, 2.24) is 15.1 Å². The third kappa shape index (κ3) is 3.14. The number of aliphatic hydroxyl groups is 1. The van der Waals surface area contributed by atoms with Gasteiger partial charge in [0.2, 0.25) is 0 Å². The Kier molecular flexibility index (Phi) is 4.03. The van der Waals surface area contributed by atoms with Crippen molar-refractivity contribution >= 4 is 0 Å². The Bertz CT molecular complexity index is 588. The molecule has 0 bridgehead atoms. The highest BCUT2D eigenvalue weighted by atomic mass is 19.1. The molecule has 0 atom stereocenters. The van der Waals surface area contributed by atoms with Gasteiger partial charge in [0.25, 0.3) is 0 Å². The summed E-state index contributed by atoms with van der Waals surface area (Å²) in [6, 6.07) is 8.19. The van der Waals surface area contributed by atoms with Crippen molar-refractivity contribution < 1.29 is 9.50 Å². The van der Waals surface area contributed by atoms with Crippen molar-refractivity contribution in [3.63, 3.8) is 0 Å². The number of nitrogens with one attached hydrogen (secondary N) is 1. The Morgan fingerprint density at radius 1 is 1.19 bits per heavy atom. The van der Waals surface area contributed by atoms with Gasteiger partial charge < -0.3 is 10.4 Å². The Hall–Kier alpha value is -1.72. The zero-order valence-corrected chi connectivity index (χ0v) is 11.9. The van der Waals surface area contributed by atoms with Gasteiger partial charge in [0.1, 0.15) is 5.82 Å². The summed E-state index contributed by atoms with van der Waals surface area (Å²) in [7, 11) is 0. The van der Waals surface area contributed by atoms with Crippen molar-refractivity contribution in [3.8, 4) is 5.69 Å². The van der Waals surface area contributed by atoms with Crippen LogP contribution in [0.4, 0.5) is 4.39 Å². The van der Waals surface area contributed by atoms with Crippen LogP contribution in [0.25, 0.3) is 5.69 Å². The highest BCUT2D eigenvalue weighted by molar-refractivity contribution is 5.31. The molecule has 0 radical (unpaired) electrons. The lowest BCUT2D eigenvalue weighted by Crippen LogP contribution is -2.45. The van der Waals surface area contributed by atoms with E-state index in [2.05, 4.69) is 10.4 Å². The Labute approximate surface area is 123 Å². The second-order valence-electron chi connectivity index (χ2n) is 5.73. The van der Waals surface area contributed by atoms with Gasteiger partial charge in [0, 0.05) is 18.3 Å². The standard InChI is InChI=1S/C16H20FN3O/c17-13-3-5-15(6-4-13)20-10-7-14(19-20)11-18-16(12-21)8-1-2-9-16/h3-7,10,18,21H,1-2,8-9,11-12H2. The summed E-state index contributed by atoms with van der Waals surface area (Å²) < 4.78 is 14.7. The monoisotopic (exact) mass is 289 g/mol. The minimum atomic E-state index is -0.251. The molecular weight excluding hydrogens is 269 g/mol. The van der Waals surface area contributed by atoms with E-state index in [0.29, 0.717) is 6.54 Å². The van der Waals surface area contributed by atoms with Crippen molar-refractivity contribution in [2.75, 3.05) is 6.61 Å². The topological polar surface area (TPSA) is 50.1 Å². The fraction of sp³-hybridized carbons (Fsp3) is 0.438. The van der Waals surface area contributed by atoms with E-state index in [1.165, 1.54) is 12.1 Å². The number of rotatable bonds is 5. The predicted octanol–water partition coefficient (Wildman–Crippen LogP) is 2.41. The first-order chi connectivity index (χ1) is 10.2. The number of halogens is 1. The lowest BCUT2D eigenvalue weighted by atomic mass is 9.99. The first-order valence-electron chi connectivity index (χ1n) is 7.37. The lowest BCUT2D eigenvalue weighted by molar-refractivity contribution is 0.162. The highest BCUT2D eigenvalue weighted by Gasteiger charge is 2.32. The van der Waals surface area contributed by atoms with Crippen LogP contribution in [-0.4, -0.2) is 27.0 Å². The summed E-state index contributed by atoms with van der Waals surface area (Å²) >= 11 is 0. The van der Waals surface area contributed by atoms with Crippen molar-refractivity contribution in [3.05, 3.63) is 48.0 Å². The number of aliphatic hydroxyl groups excluding tert-OH is 1. The van der Waals surface area contributed by atoms with Crippen LogP contribution in [0.1, 0.15) is 31.4 Å². The molecular formula is C16H20FN3O. The van der Waals surface area contributed by atoms with Crippen LogP contribution < -0.4 is 5.32 Å². The maximum Gasteiger partial charge on any atom is 0.123 e. The number of aromatic nitrogens is 2. The molecule has 5 heteroatoms. The van der Waals surface area contributed by atoms with Crippen LogP contribution in [0.15, 0.2) is 36.5 Å². The third-order valence-corrected chi connectivity index (χ3v) is 4.24. The molecule has 2 N–H and O–H groups in total. The molecule has 1 aromatic heterocycles. The van der Waals surface area contributed by atoms with E-state index in [4.69, 9.17) is 0 Å². The molecule has 0 unspecified atom stereocenters. The molecule has 0 amide bonds. The van der Waals surface area contributed by atoms with E-state index >= 15 is 0 Å². The molecule has 0 saturated heterocycles. The maximum absolute atomic E-state index is 12.9. The van der Waals surface area contributed by atoms with Gasteiger partial charge in [-0.25, -0.2) is 9.07 Å². The van der Waals surface area contributed by atoms with Crippen molar-refractivity contribution in [2.24, 2.45) is 0 Å². The van der Waals surface area contributed by atoms with E-state index < -0.39 is 0 Å². The lowest BCUT2D eigenvalue weighted by Gasteiger charge is -2.27. The molecule has 0 aliphatic heterocycles. The normalized spacial score (nSPS) is 17.2. The molecule has 1 heterocycles. The molecule has 4 nitrogen and oxygen atoms in total. The van der Waals surface area contributed by atoms with Crippen LogP contribution >= 0.6 is 0 Å². The number of hydrogen-bond acceptors (Lipinski definition) is 3. The smallest absolute Gasteiger partial charge is 0.123 e. The fourth-order valence-electron chi connectivity index (χ4n) is 2.91. The summed E-state index contributed by atoms with van der Waals surface area (Å²) in [5.74, 6) is -0.251. The Morgan fingerprint density at radius 3 is 2.57 bits per heavy atom. The Balaban J connectivity index is 1.66. The summed E-state index contributed by atoms with van der Waals surface area (Å²) in [5.41, 5.74) is 1.61. The second kappa shape index (κ2) is 5.95. The molecule has 21 heavy (non-hydrogen) atoms. The van der Waals surface area contributed by atoms with Crippen molar-refractivity contribution in [2.45, 2.75) is 37.8 Å². The SMILES string of the molecule is OCC1(NCc2ccn(-c3ccc(F)cc3)n2)CCCC1. The largest absolute Gasteiger partial charge is 0.394 e. The van der Waals surface area contributed by atoms with Gasteiger partial charge in [-0.3, -0.25) is 0 Å². The zero-order valence-electron chi connectivity index (χ0n) is 11.9. The molecule has 2 aromatic rings. The molecule has 1 aliphatic rings. The summed E-state index contributed by atoms with van der Waals surface area (Å²) in [6.45, 7) is 0.806. The van der Waals surface area contributed by atoms with Gasteiger partial charge >= 0.3 is 0 Å². The number of benzene rings is 1. The van der Waals surface area contributed by atoms with Gasteiger partial charge in [-0.15, -0.1) is 0 Å². The van der Waals surface area contributed by atoms with E-state index in [9.17, 15) is 9.50 Å². The van der Waals surface area contributed by atoms with Crippen LogP contribution in [0.3, 0.4) is 0 Å². The molecule has 1 saturated carbocycles. The van der Waals surface area contributed by atoms with Gasteiger partial charge in [-0.1, -0.05) is 12.8 Å². The first kappa shape index (κ1) is 14.2. The van der Waals surface area contributed by atoms with Gasteiger partial charge in [-0.2, -0.15) is 5.10 Å². The number of nitrogens with zero attached hydrogens (tertiary/aromatic N) is 2. The molecule has 0 spiro atoms. The van der Waals surface area contributed by atoms with E-state index in [1.807, 2.05) is 12.3 Å². The number of hydrogen-bond donors (Lipinski definition) is 2. The summed E-state index contributed by atoms with van der Waals surface area (Å²) in [4.78, 5) is 0. The predicted molar refractivity (Wildman–Crippen MR) is 78.6 cm³/mol. The highest BCUT2D eigenvalue weighted by Crippen LogP contribution is 2.29. The van der Waals surface area contributed by atoms with Crippen molar-refractivity contribution in [1.29, 1.82) is 0 Å². The minimum absolute atomic E-state index is 0.139. The second-order valence-corrected chi connectivity index (χ2v) is 5.73. The van der Waals surface area contributed by atoms with Gasteiger partial charge in [0.15, 0.2) is 0 Å². The van der Waals surface area contributed by atoms with Crippen LogP contribution in [-0.2, 0) is 6.54 Å².